The molecule has 0 spiro atoms. The molecule has 0 fully saturated rings. The first kappa shape index (κ1) is 23.7. The molecule has 7 heteroatoms. The number of nitrogens with zero attached hydrogens (tertiary/aromatic N) is 2. The van der Waals surface area contributed by atoms with Crippen LogP contribution in [0, 0.1) is 6.92 Å². The minimum atomic E-state index is 0. The average molecular weight is 502 g/mol. The van der Waals surface area contributed by atoms with Gasteiger partial charge in [-0.1, -0.05) is 19.1 Å². The second kappa shape index (κ2) is 12.2. The summed E-state index contributed by atoms with van der Waals surface area (Å²) in [6.45, 7) is 12.4. The van der Waals surface area contributed by atoms with Gasteiger partial charge < -0.3 is 15.4 Å². The molecule has 0 amide bonds. The van der Waals surface area contributed by atoms with Gasteiger partial charge in [-0.25, -0.2) is 9.98 Å². The molecule has 0 aliphatic heterocycles. The second-order valence-corrected chi connectivity index (χ2v) is 7.60. The molecular formula is C20H31IN4OS. The number of aromatic nitrogens is 1. The smallest absolute Gasteiger partial charge is 0.191 e. The molecule has 27 heavy (non-hydrogen) atoms. The molecule has 2 rings (SSSR count). The Hall–Kier alpha value is -1.35. The summed E-state index contributed by atoms with van der Waals surface area (Å²) in [6, 6.07) is 6.27. The fourth-order valence-corrected chi connectivity index (χ4v) is 3.22. The Morgan fingerprint density at radius 3 is 2.67 bits per heavy atom. The predicted molar refractivity (Wildman–Crippen MR) is 126 cm³/mol. The van der Waals surface area contributed by atoms with Crippen LogP contribution in [0.15, 0.2) is 29.4 Å². The molecule has 2 aromatic rings. The molecule has 0 radical (unpaired) electrons. The van der Waals surface area contributed by atoms with Crippen LogP contribution in [0.4, 0.5) is 0 Å². The van der Waals surface area contributed by atoms with Gasteiger partial charge >= 0.3 is 0 Å². The van der Waals surface area contributed by atoms with Crippen molar-refractivity contribution in [3.63, 3.8) is 0 Å². The van der Waals surface area contributed by atoms with E-state index in [1.807, 2.05) is 20.0 Å². The maximum absolute atomic E-state index is 5.94. The first-order valence-electron chi connectivity index (χ1n) is 9.23. The minimum absolute atomic E-state index is 0. The largest absolute Gasteiger partial charge is 0.491 e. The van der Waals surface area contributed by atoms with Gasteiger partial charge in [0.05, 0.1) is 19.2 Å². The number of guanidine groups is 1. The number of nitrogens with one attached hydrogen (secondary N) is 2. The summed E-state index contributed by atoms with van der Waals surface area (Å²) in [5, 5.41) is 7.73. The van der Waals surface area contributed by atoms with E-state index in [1.54, 1.807) is 11.3 Å². The topological polar surface area (TPSA) is 58.5 Å². The predicted octanol–water partition coefficient (Wildman–Crippen LogP) is 4.67. The van der Waals surface area contributed by atoms with Crippen LogP contribution >= 0.6 is 35.3 Å². The van der Waals surface area contributed by atoms with E-state index in [-0.39, 0.29) is 30.1 Å². The Morgan fingerprint density at radius 2 is 2.04 bits per heavy atom. The van der Waals surface area contributed by atoms with Crippen molar-refractivity contribution < 1.29 is 4.74 Å². The highest BCUT2D eigenvalue weighted by atomic mass is 127. The van der Waals surface area contributed by atoms with Crippen molar-refractivity contribution in [2.45, 2.75) is 60.2 Å². The Kier molecular flexibility index (Phi) is 10.7. The monoisotopic (exact) mass is 502 g/mol. The number of ether oxygens (including phenoxy) is 1. The van der Waals surface area contributed by atoms with Gasteiger partial charge in [0.2, 0.25) is 0 Å². The number of hydrogen-bond donors (Lipinski definition) is 2. The zero-order chi connectivity index (χ0) is 18.9. The molecule has 0 atom stereocenters. The number of aryl methyl sites for hydroxylation is 2. The van der Waals surface area contributed by atoms with E-state index in [2.05, 4.69) is 54.6 Å². The van der Waals surface area contributed by atoms with E-state index >= 15 is 0 Å². The minimum Gasteiger partial charge on any atom is -0.491 e. The van der Waals surface area contributed by atoms with Gasteiger partial charge in [0.25, 0.3) is 0 Å². The van der Waals surface area contributed by atoms with Crippen molar-refractivity contribution in [1.29, 1.82) is 0 Å². The fraction of sp³-hybridized carbons (Fsp3) is 0.500. The van der Waals surface area contributed by atoms with Crippen LogP contribution in [0.25, 0.3) is 0 Å². The Bertz CT molecular complexity index is 731. The molecular weight excluding hydrogens is 471 g/mol. The first-order chi connectivity index (χ1) is 12.5. The van der Waals surface area contributed by atoms with E-state index in [0.29, 0.717) is 13.1 Å². The van der Waals surface area contributed by atoms with E-state index in [0.717, 1.165) is 35.2 Å². The van der Waals surface area contributed by atoms with Crippen molar-refractivity contribution in [1.82, 2.24) is 15.6 Å². The molecule has 0 bridgehead atoms. The van der Waals surface area contributed by atoms with Gasteiger partial charge in [0.1, 0.15) is 10.8 Å². The summed E-state index contributed by atoms with van der Waals surface area (Å²) < 4.78 is 5.94. The van der Waals surface area contributed by atoms with Crippen molar-refractivity contribution in [3.8, 4) is 5.75 Å². The third-order valence-electron chi connectivity index (χ3n) is 3.69. The zero-order valence-electron chi connectivity index (χ0n) is 16.8. The highest BCUT2D eigenvalue weighted by molar-refractivity contribution is 14.0. The number of thiazole rings is 1. The van der Waals surface area contributed by atoms with Crippen LogP contribution in [-0.4, -0.2) is 23.6 Å². The fourth-order valence-electron chi connectivity index (χ4n) is 2.41. The molecule has 0 saturated heterocycles. The summed E-state index contributed by atoms with van der Waals surface area (Å²) in [6.07, 6.45) is 3.12. The molecule has 0 unspecified atom stereocenters. The third-order valence-corrected chi connectivity index (χ3v) is 4.84. The van der Waals surface area contributed by atoms with Gasteiger partial charge in [-0.05, 0) is 45.7 Å². The van der Waals surface area contributed by atoms with E-state index < -0.39 is 0 Å². The maximum atomic E-state index is 5.94. The lowest BCUT2D eigenvalue weighted by Gasteiger charge is -2.15. The van der Waals surface area contributed by atoms with Gasteiger partial charge in [0.15, 0.2) is 5.96 Å². The maximum Gasteiger partial charge on any atom is 0.191 e. The number of rotatable bonds is 8. The third kappa shape index (κ3) is 8.04. The molecule has 0 aliphatic rings. The lowest BCUT2D eigenvalue weighted by atomic mass is 10.1. The van der Waals surface area contributed by atoms with Crippen LogP contribution in [-0.2, 0) is 19.5 Å². The number of hydrogen-bond acceptors (Lipinski definition) is 4. The summed E-state index contributed by atoms with van der Waals surface area (Å²) >= 11 is 1.74. The van der Waals surface area contributed by atoms with E-state index in [9.17, 15) is 0 Å². The second-order valence-electron chi connectivity index (χ2n) is 6.40. The SMILES string of the molecule is CCNC(=NCc1ccc(C)cc1OC(C)C)NCc1ncc(CC)s1.I. The molecule has 150 valence electrons. The lowest BCUT2D eigenvalue weighted by molar-refractivity contribution is 0.240. The quantitative estimate of drug-likeness (QED) is 0.313. The van der Waals surface area contributed by atoms with Crippen LogP contribution in [0.2, 0.25) is 0 Å². The van der Waals surface area contributed by atoms with E-state index in [1.165, 1.54) is 10.4 Å². The molecule has 0 saturated carbocycles. The molecule has 0 aliphatic carbocycles. The standard InChI is InChI=1S/C20H30N4OS.HI/c1-6-17-12-22-19(26-17)13-24-20(21-7-2)23-11-16-9-8-15(5)10-18(16)25-14(3)4;/h8-10,12,14H,6-7,11,13H2,1-5H3,(H2,21,23,24);1H. The van der Waals surface area contributed by atoms with Crippen LogP contribution in [0.3, 0.4) is 0 Å². The highest BCUT2D eigenvalue weighted by Crippen LogP contribution is 2.22. The molecule has 2 N–H and O–H groups in total. The van der Waals surface area contributed by atoms with Gasteiger partial charge in [-0.2, -0.15) is 0 Å². The van der Waals surface area contributed by atoms with Crippen molar-refractivity contribution in [2.75, 3.05) is 6.54 Å². The van der Waals surface area contributed by atoms with Crippen molar-refractivity contribution in [2.24, 2.45) is 4.99 Å². The normalized spacial score (nSPS) is 11.3. The molecule has 5 nitrogen and oxygen atoms in total. The zero-order valence-corrected chi connectivity index (χ0v) is 20.0. The Labute approximate surface area is 184 Å². The van der Waals surface area contributed by atoms with Crippen molar-refractivity contribution >= 4 is 41.3 Å². The molecule has 1 heterocycles. The highest BCUT2D eigenvalue weighted by Gasteiger charge is 2.07. The van der Waals surface area contributed by atoms with Gasteiger partial charge in [-0.15, -0.1) is 35.3 Å². The Balaban J connectivity index is 0.00000364. The summed E-state index contributed by atoms with van der Waals surface area (Å²) in [5.74, 6) is 1.70. The molecule has 1 aromatic heterocycles. The summed E-state index contributed by atoms with van der Waals surface area (Å²) in [5.41, 5.74) is 2.28. The summed E-state index contributed by atoms with van der Waals surface area (Å²) in [7, 11) is 0. The van der Waals surface area contributed by atoms with Crippen molar-refractivity contribution in [3.05, 3.63) is 45.4 Å². The average Bonchev–Trinajstić information content (AvgIpc) is 3.06. The van der Waals surface area contributed by atoms with Crippen LogP contribution < -0.4 is 15.4 Å². The number of benzene rings is 1. The van der Waals surface area contributed by atoms with Crippen LogP contribution in [0.1, 0.15) is 48.7 Å². The van der Waals surface area contributed by atoms with Gasteiger partial charge in [-0.3, -0.25) is 0 Å². The molecule has 1 aromatic carbocycles. The van der Waals surface area contributed by atoms with Gasteiger partial charge in [0, 0.05) is 23.2 Å². The number of aliphatic imine (C=N–C) groups is 1. The van der Waals surface area contributed by atoms with Crippen LogP contribution in [0.5, 0.6) is 5.75 Å². The summed E-state index contributed by atoms with van der Waals surface area (Å²) in [4.78, 5) is 10.5. The van der Waals surface area contributed by atoms with E-state index in [4.69, 9.17) is 9.73 Å². The Morgan fingerprint density at radius 1 is 1.26 bits per heavy atom. The number of halogens is 1. The first-order valence-corrected chi connectivity index (χ1v) is 10.0. The lowest BCUT2D eigenvalue weighted by Crippen LogP contribution is -2.36.